The molecule has 2 amide bonds. The van der Waals surface area contributed by atoms with Crippen LogP contribution in [0.3, 0.4) is 0 Å². The number of benzene rings is 2. The second-order valence-corrected chi connectivity index (χ2v) is 6.95. The van der Waals surface area contributed by atoms with E-state index in [1.165, 1.54) is 0 Å². The summed E-state index contributed by atoms with van der Waals surface area (Å²) in [5.74, 6) is 1.74. The van der Waals surface area contributed by atoms with Crippen LogP contribution < -0.4 is 29.7 Å². The van der Waals surface area contributed by atoms with Crippen LogP contribution >= 0.6 is 0 Å². The van der Waals surface area contributed by atoms with Gasteiger partial charge in [0.1, 0.15) is 19.0 Å². The van der Waals surface area contributed by atoms with Crippen LogP contribution in [0, 0.1) is 0 Å². The first-order chi connectivity index (χ1) is 14.6. The first-order valence-electron chi connectivity index (χ1n) is 10.0. The van der Waals surface area contributed by atoms with Crippen LogP contribution in [0.15, 0.2) is 42.5 Å². The van der Waals surface area contributed by atoms with Crippen molar-refractivity contribution in [1.29, 1.82) is 0 Å². The second kappa shape index (κ2) is 10.5. The molecule has 0 spiro atoms. The van der Waals surface area contributed by atoms with Gasteiger partial charge in [-0.3, -0.25) is 9.59 Å². The Hall–Kier alpha value is -3.26. The summed E-state index contributed by atoms with van der Waals surface area (Å²) in [6.07, 6.45) is 0. The average molecular weight is 414 g/mol. The molecule has 0 bridgehead atoms. The molecule has 0 saturated heterocycles. The van der Waals surface area contributed by atoms with Crippen LogP contribution in [0.5, 0.6) is 17.2 Å². The molecule has 8 heteroatoms. The maximum absolute atomic E-state index is 12.4. The van der Waals surface area contributed by atoms with Crippen molar-refractivity contribution in [3.8, 4) is 17.2 Å². The van der Waals surface area contributed by atoms with Gasteiger partial charge in [-0.25, -0.2) is 0 Å². The van der Waals surface area contributed by atoms with Gasteiger partial charge >= 0.3 is 0 Å². The molecule has 2 aromatic rings. The van der Waals surface area contributed by atoms with Crippen molar-refractivity contribution in [2.45, 2.75) is 13.5 Å². The largest absolute Gasteiger partial charge is 0.496 e. The first-order valence-corrected chi connectivity index (χ1v) is 10.0. The average Bonchev–Trinajstić information content (AvgIpc) is 2.77. The summed E-state index contributed by atoms with van der Waals surface area (Å²) in [5, 5.41) is 5.75. The number of quaternary nitrogens is 1. The number of ether oxygens (including phenoxy) is 3. The Kier molecular flexibility index (Phi) is 7.51. The van der Waals surface area contributed by atoms with E-state index < -0.39 is 0 Å². The lowest BCUT2D eigenvalue weighted by Gasteiger charge is -2.20. The maximum Gasteiger partial charge on any atom is 0.279 e. The summed E-state index contributed by atoms with van der Waals surface area (Å²) in [6, 6.07) is 12.8. The summed E-state index contributed by atoms with van der Waals surface area (Å²) in [6.45, 7) is 4.38. The molecule has 1 atom stereocenters. The molecule has 0 fully saturated rings. The van der Waals surface area contributed by atoms with E-state index in [-0.39, 0.29) is 24.9 Å². The zero-order chi connectivity index (χ0) is 21.3. The van der Waals surface area contributed by atoms with Gasteiger partial charge < -0.3 is 29.7 Å². The highest BCUT2D eigenvalue weighted by atomic mass is 16.6. The number of fused-ring (bicyclic) bond motifs is 1. The van der Waals surface area contributed by atoms with E-state index in [0.29, 0.717) is 43.5 Å². The van der Waals surface area contributed by atoms with Crippen molar-refractivity contribution in [3.63, 3.8) is 0 Å². The number of para-hydroxylation sites is 1. The van der Waals surface area contributed by atoms with Crippen LogP contribution in [-0.4, -0.2) is 51.8 Å². The third kappa shape index (κ3) is 5.87. The van der Waals surface area contributed by atoms with Crippen molar-refractivity contribution in [3.05, 3.63) is 48.0 Å². The van der Waals surface area contributed by atoms with Crippen LogP contribution in [0.2, 0.25) is 0 Å². The lowest BCUT2D eigenvalue weighted by molar-refractivity contribution is -0.881. The topological polar surface area (TPSA) is 90.3 Å². The van der Waals surface area contributed by atoms with Gasteiger partial charge in [0.15, 0.2) is 24.6 Å². The van der Waals surface area contributed by atoms with Gasteiger partial charge in [-0.1, -0.05) is 18.2 Å². The maximum atomic E-state index is 12.4. The molecule has 30 heavy (non-hydrogen) atoms. The molecule has 0 aromatic heterocycles. The number of nitrogens with one attached hydrogen (secondary N) is 3. The van der Waals surface area contributed by atoms with Gasteiger partial charge in [-0.2, -0.15) is 0 Å². The van der Waals surface area contributed by atoms with Crippen molar-refractivity contribution in [1.82, 2.24) is 5.32 Å². The number of hydrogen-bond donors (Lipinski definition) is 3. The Labute approximate surface area is 176 Å². The zero-order valence-electron chi connectivity index (χ0n) is 17.3. The van der Waals surface area contributed by atoms with E-state index in [1.54, 1.807) is 25.3 Å². The minimum atomic E-state index is -0.166. The fourth-order valence-corrected chi connectivity index (χ4v) is 3.20. The molecule has 3 N–H and O–H groups in total. The Bertz CT molecular complexity index is 887. The predicted molar refractivity (Wildman–Crippen MR) is 112 cm³/mol. The van der Waals surface area contributed by atoms with E-state index in [2.05, 4.69) is 10.6 Å². The summed E-state index contributed by atoms with van der Waals surface area (Å²) in [7, 11) is 1.60. The van der Waals surface area contributed by atoms with E-state index in [9.17, 15) is 9.59 Å². The molecule has 1 aliphatic heterocycles. The van der Waals surface area contributed by atoms with Crippen LogP contribution in [0.4, 0.5) is 5.69 Å². The van der Waals surface area contributed by atoms with Gasteiger partial charge in [-0.15, -0.1) is 0 Å². The molecule has 160 valence electrons. The highest BCUT2D eigenvalue weighted by molar-refractivity contribution is 5.92. The van der Waals surface area contributed by atoms with Gasteiger partial charge in [-0.05, 0) is 25.1 Å². The predicted octanol–water partition coefficient (Wildman–Crippen LogP) is 0.626. The van der Waals surface area contributed by atoms with Crippen molar-refractivity contribution in [2.24, 2.45) is 0 Å². The lowest BCUT2D eigenvalue weighted by atomic mass is 10.2. The Morgan fingerprint density at radius 1 is 1.03 bits per heavy atom. The van der Waals surface area contributed by atoms with Crippen molar-refractivity contribution >= 4 is 17.5 Å². The molecule has 0 radical (unpaired) electrons. The molecule has 0 aliphatic carbocycles. The summed E-state index contributed by atoms with van der Waals surface area (Å²) >= 11 is 0. The minimum Gasteiger partial charge on any atom is -0.496 e. The van der Waals surface area contributed by atoms with Gasteiger partial charge in [0.2, 0.25) is 0 Å². The molecule has 2 aromatic carbocycles. The summed E-state index contributed by atoms with van der Waals surface area (Å²) < 4.78 is 16.3. The van der Waals surface area contributed by atoms with Crippen molar-refractivity contribution in [2.75, 3.05) is 45.3 Å². The molecular weight excluding hydrogens is 386 g/mol. The third-order valence-corrected chi connectivity index (χ3v) is 4.82. The number of likely N-dealkylation sites (N-methyl/N-ethyl adjacent to an activating group) is 1. The number of carbonyl (C=O) groups excluding carboxylic acids is 2. The molecule has 1 unspecified atom stereocenters. The van der Waals surface area contributed by atoms with Crippen LogP contribution in [0.1, 0.15) is 12.5 Å². The number of anilines is 1. The fourth-order valence-electron chi connectivity index (χ4n) is 3.20. The Morgan fingerprint density at radius 3 is 2.53 bits per heavy atom. The van der Waals surface area contributed by atoms with Gasteiger partial charge in [0, 0.05) is 23.9 Å². The Balaban J connectivity index is 1.48. The second-order valence-electron chi connectivity index (χ2n) is 6.95. The van der Waals surface area contributed by atoms with E-state index in [0.717, 1.165) is 16.2 Å². The van der Waals surface area contributed by atoms with E-state index in [4.69, 9.17) is 14.2 Å². The number of carbonyl (C=O) groups is 2. The number of methoxy groups -OCH3 is 1. The van der Waals surface area contributed by atoms with E-state index in [1.807, 2.05) is 31.2 Å². The quantitative estimate of drug-likeness (QED) is 0.560. The fraction of sp³-hybridized carbons (Fsp3) is 0.364. The highest BCUT2D eigenvalue weighted by Crippen LogP contribution is 2.32. The number of hydrogen-bond acceptors (Lipinski definition) is 5. The normalized spacial score (nSPS) is 13.3. The summed E-state index contributed by atoms with van der Waals surface area (Å²) in [5.41, 5.74) is 1.54. The smallest absolute Gasteiger partial charge is 0.279 e. The van der Waals surface area contributed by atoms with E-state index >= 15 is 0 Å². The van der Waals surface area contributed by atoms with Crippen LogP contribution in [0.25, 0.3) is 0 Å². The monoisotopic (exact) mass is 414 g/mol. The lowest BCUT2D eigenvalue weighted by Crippen LogP contribution is -3.13. The zero-order valence-corrected chi connectivity index (χ0v) is 17.3. The third-order valence-electron chi connectivity index (χ3n) is 4.82. The SMILES string of the molecule is CC[NH+](CC(=O)NCc1ccccc1OC)CC(=O)Nc1ccc2c(c1)OCCO2. The minimum absolute atomic E-state index is 0.120. The standard InChI is InChI=1S/C22H27N3O5/c1-3-25(14-21(26)23-13-16-6-4-5-7-18(16)28-2)15-22(27)24-17-8-9-19-20(12-17)30-11-10-29-19/h4-9,12H,3,10-11,13-15H2,1-2H3,(H,23,26)(H,24,27)/p+1. The van der Waals surface area contributed by atoms with Crippen LogP contribution in [-0.2, 0) is 16.1 Å². The van der Waals surface area contributed by atoms with Gasteiger partial charge in [0.25, 0.3) is 11.8 Å². The van der Waals surface area contributed by atoms with Gasteiger partial charge in [0.05, 0.1) is 13.7 Å². The number of amides is 2. The molecule has 3 rings (SSSR count). The first kappa shape index (κ1) is 21.4. The molecular formula is C22H28N3O5+. The number of rotatable bonds is 9. The molecule has 8 nitrogen and oxygen atoms in total. The highest BCUT2D eigenvalue weighted by Gasteiger charge is 2.18. The molecule has 1 aliphatic rings. The summed E-state index contributed by atoms with van der Waals surface area (Å²) in [4.78, 5) is 25.7. The Morgan fingerprint density at radius 2 is 1.77 bits per heavy atom. The molecule has 0 saturated carbocycles. The van der Waals surface area contributed by atoms with Crippen molar-refractivity contribution < 1.29 is 28.7 Å². The molecule has 1 heterocycles.